The fourth-order valence-corrected chi connectivity index (χ4v) is 5.41. The van der Waals surface area contributed by atoms with E-state index in [9.17, 15) is 18.0 Å². The fourth-order valence-electron chi connectivity index (χ4n) is 4.00. The molecule has 9 nitrogen and oxygen atoms in total. The summed E-state index contributed by atoms with van der Waals surface area (Å²) in [6.45, 7) is 5.20. The number of carbonyl (C=O) groups excluding carboxylic acids is 2. The van der Waals surface area contributed by atoms with Crippen LogP contribution in [0.1, 0.15) is 25.0 Å². The summed E-state index contributed by atoms with van der Waals surface area (Å²) in [4.78, 5) is 28.1. The van der Waals surface area contributed by atoms with E-state index in [1.54, 1.807) is 75.6 Å². The number of anilines is 1. The minimum Gasteiger partial charge on any atom is -0.497 e. The van der Waals surface area contributed by atoms with Crippen LogP contribution in [0.2, 0.25) is 0 Å². The second-order valence-electron chi connectivity index (χ2n) is 8.97. The topological polar surface area (TPSA) is 105 Å². The van der Waals surface area contributed by atoms with Gasteiger partial charge in [0.2, 0.25) is 11.8 Å². The van der Waals surface area contributed by atoms with E-state index >= 15 is 0 Å². The first-order chi connectivity index (χ1) is 18.6. The number of hydrogen-bond donors (Lipinski definition) is 1. The minimum atomic E-state index is -4.15. The molecule has 0 saturated heterocycles. The van der Waals surface area contributed by atoms with Gasteiger partial charge < -0.3 is 19.7 Å². The van der Waals surface area contributed by atoms with Crippen LogP contribution in [-0.4, -0.2) is 58.5 Å². The maximum Gasteiger partial charge on any atom is 0.264 e. The Hall–Kier alpha value is -4.05. The molecule has 10 heteroatoms. The van der Waals surface area contributed by atoms with Crippen molar-refractivity contribution < 1.29 is 27.5 Å². The van der Waals surface area contributed by atoms with Crippen LogP contribution in [0, 0.1) is 6.92 Å². The fraction of sp³-hybridized carbons (Fsp3) is 0.310. The van der Waals surface area contributed by atoms with E-state index in [0.717, 1.165) is 15.4 Å². The van der Waals surface area contributed by atoms with E-state index in [-0.39, 0.29) is 23.0 Å². The number of amides is 2. The van der Waals surface area contributed by atoms with Crippen molar-refractivity contribution in [2.45, 2.75) is 38.3 Å². The van der Waals surface area contributed by atoms with Gasteiger partial charge in [0, 0.05) is 19.2 Å². The molecule has 2 amide bonds. The van der Waals surface area contributed by atoms with Crippen molar-refractivity contribution in [3.05, 3.63) is 83.9 Å². The lowest BCUT2D eigenvalue weighted by Gasteiger charge is -2.32. The maximum absolute atomic E-state index is 13.9. The van der Waals surface area contributed by atoms with E-state index in [1.165, 1.54) is 24.1 Å². The number of aryl methyl sites for hydroxylation is 1. The number of hydrogen-bond acceptors (Lipinski definition) is 6. The molecule has 0 aliphatic heterocycles. The third kappa shape index (κ3) is 7.29. The Labute approximate surface area is 230 Å². The molecule has 1 N–H and O–H groups in total. The first-order valence-electron chi connectivity index (χ1n) is 12.5. The van der Waals surface area contributed by atoms with Crippen molar-refractivity contribution in [1.29, 1.82) is 0 Å². The van der Waals surface area contributed by atoms with Crippen LogP contribution in [0.3, 0.4) is 0 Å². The van der Waals surface area contributed by atoms with Crippen LogP contribution in [0.25, 0.3) is 0 Å². The van der Waals surface area contributed by atoms with E-state index in [4.69, 9.17) is 9.47 Å². The van der Waals surface area contributed by atoms with Crippen LogP contribution in [0.5, 0.6) is 11.5 Å². The number of benzene rings is 3. The molecule has 0 aromatic heterocycles. The Kier molecular flexibility index (Phi) is 9.95. The van der Waals surface area contributed by atoms with E-state index in [1.807, 2.05) is 13.0 Å². The van der Waals surface area contributed by atoms with Gasteiger partial charge >= 0.3 is 0 Å². The van der Waals surface area contributed by atoms with Gasteiger partial charge in [-0.15, -0.1) is 0 Å². The average molecular weight is 554 g/mol. The van der Waals surface area contributed by atoms with E-state index < -0.39 is 28.5 Å². The summed E-state index contributed by atoms with van der Waals surface area (Å²) < 4.78 is 39.4. The second-order valence-corrected chi connectivity index (χ2v) is 10.8. The molecule has 3 rings (SSSR count). The second kappa shape index (κ2) is 13.1. The molecular weight excluding hydrogens is 518 g/mol. The summed E-state index contributed by atoms with van der Waals surface area (Å²) in [5.41, 5.74) is 1.89. The first-order valence-corrected chi connectivity index (χ1v) is 14.0. The molecule has 0 radical (unpaired) electrons. The zero-order valence-corrected chi connectivity index (χ0v) is 23.7. The third-order valence-electron chi connectivity index (χ3n) is 6.23. The molecular formula is C29H35N3O6S. The highest BCUT2D eigenvalue weighted by molar-refractivity contribution is 7.92. The largest absolute Gasteiger partial charge is 0.497 e. The molecule has 0 heterocycles. The Morgan fingerprint density at radius 1 is 0.923 bits per heavy atom. The lowest BCUT2D eigenvalue weighted by atomic mass is 10.1. The Morgan fingerprint density at radius 3 is 2.15 bits per heavy atom. The third-order valence-corrected chi connectivity index (χ3v) is 8.02. The highest BCUT2D eigenvalue weighted by Crippen LogP contribution is 2.28. The number of likely N-dealkylation sites (N-methyl/N-ethyl adjacent to an activating group) is 1. The van der Waals surface area contributed by atoms with Gasteiger partial charge in [-0.2, -0.15) is 0 Å². The van der Waals surface area contributed by atoms with E-state index in [2.05, 4.69) is 5.32 Å². The van der Waals surface area contributed by atoms with Gasteiger partial charge in [0.15, 0.2) is 0 Å². The molecule has 0 aliphatic rings. The Morgan fingerprint density at radius 2 is 1.54 bits per heavy atom. The number of sulfonamides is 1. The molecule has 3 aromatic rings. The average Bonchev–Trinajstić information content (AvgIpc) is 2.94. The number of methoxy groups -OCH3 is 2. The van der Waals surface area contributed by atoms with Crippen LogP contribution < -0.4 is 19.1 Å². The molecule has 0 saturated carbocycles. The van der Waals surface area contributed by atoms with Crippen molar-refractivity contribution in [3.63, 3.8) is 0 Å². The summed E-state index contributed by atoms with van der Waals surface area (Å²) in [5, 5.41) is 2.74. The summed E-state index contributed by atoms with van der Waals surface area (Å²) in [5.74, 6) is 0.150. The van der Waals surface area contributed by atoms with Crippen molar-refractivity contribution in [1.82, 2.24) is 10.2 Å². The van der Waals surface area contributed by atoms with Crippen LogP contribution >= 0.6 is 0 Å². The minimum absolute atomic E-state index is 0.0415. The van der Waals surface area contributed by atoms with Crippen LogP contribution in [0.15, 0.2) is 77.7 Å². The van der Waals surface area contributed by atoms with Gasteiger partial charge in [-0.3, -0.25) is 13.9 Å². The van der Waals surface area contributed by atoms with Gasteiger partial charge in [-0.05, 0) is 62.7 Å². The van der Waals surface area contributed by atoms with Crippen LogP contribution in [0.4, 0.5) is 5.69 Å². The standard InChI is InChI=1S/C29H35N3O6S/c1-6-30-29(34)22(3)31(19-23-9-7-11-25(17-23)37-4)28(33)20-32(24-10-8-12-26(18-24)38-5)39(35,36)27-15-13-21(2)14-16-27/h7-18,22H,6,19-20H2,1-5H3,(H,30,34)/t22-/m1/s1. The Bertz CT molecular complexity index is 1390. The van der Waals surface area contributed by atoms with Crippen molar-refractivity contribution in [2.24, 2.45) is 0 Å². The van der Waals surface area contributed by atoms with Crippen molar-refractivity contribution in [3.8, 4) is 11.5 Å². The predicted octanol–water partition coefficient (Wildman–Crippen LogP) is 3.76. The zero-order valence-electron chi connectivity index (χ0n) is 22.9. The molecule has 0 unspecified atom stereocenters. The quantitative estimate of drug-likeness (QED) is 0.366. The van der Waals surface area contributed by atoms with Gasteiger partial charge in [0.05, 0.1) is 24.8 Å². The number of nitrogens with one attached hydrogen (secondary N) is 1. The lowest BCUT2D eigenvalue weighted by molar-refractivity contribution is -0.139. The number of rotatable bonds is 12. The molecule has 3 aromatic carbocycles. The highest BCUT2D eigenvalue weighted by atomic mass is 32.2. The number of nitrogens with zero attached hydrogens (tertiary/aromatic N) is 2. The number of ether oxygens (including phenoxy) is 2. The van der Waals surface area contributed by atoms with Gasteiger partial charge in [-0.1, -0.05) is 35.9 Å². The summed E-state index contributed by atoms with van der Waals surface area (Å²) in [7, 11) is -1.13. The summed E-state index contributed by atoms with van der Waals surface area (Å²) in [6, 6.07) is 19.2. The molecule has 39 heavy (non-hydrogen) atoms. The lowest BCUT2D eigenvalue weighted by Crippen LogP contribution is -2.51. The molecule has 0 spiro atoms. The van der Waals surface area contributed by atoms with Gasteiger partial charge in [-0.25, -0.2) is 8.42 Å². The summed E-state index contributed by atoms with van der Waals surface area (Å²) in [6.07, 6.45) is 0. The molecule has 208 valence electrons. The van der Waals surface area contributed by atoms with Crippen LogP contribution in [-0.2, 0) is 26.2 Å². The maximum atomic E-state index is 13.9. The van der Waals surface area contributed by atoms with Crippen molar-refractivity contribution >= 4 is 27.5 Å². The summed E-state index contributed by atoms with van der Waals surface area (Å²) >= 11 is 0. The van der Waals surface area contributed by atoms with E-state index in [0.29, 0.717) is 18.0 Å². The molecule has 0 fully saturated rings. The zero-order chi connectivity index (χ0) is 28.6. The highest BCUT2D eigenvalue weighted by Gasteiger charge is 2.32. The monoisotopic (exact) mass is 553 g/mol. The predicted molar refractivity (Wildman–Crippen MR) is 150 cm³/mol. The molecule has 1 atom stereocenters. The molecule has 0 aliphatic carbocycles. The Balaban J connectivity index is 2.05. The molecule has 0 bridgehead atoms. The smallest absolute Gasteiger partial charge is 0.264 e. The first kappa shape index (κ1) is 29.5. The number of carbonyl (C=O) groups is 2. The van der Waals surface area contributed by atoms with Gasteiger partial charge in [0.1, 0.15) is 24.1 Å². The van der Waals surface area contributed by atoms with Crippen molar-refractivity contribution in [2.75, 3.05) is 31.6 Å². The normalized spacial score (nSPS) is 11.8. The van der Waals surface area contributed by atoms with Gasteiger partial charge in [0.25, 0.3) is 10.0 Å². The SMILES string of the molecule is CCNC(=O)[C@@H](C)N(Cc1cccc(OC)c1)C(=O)CN(c1cccc(OC)c1)S(=O)(=O)c1ccc(C)cc1.